The van der Waals surface area contributed by atoms with Crippen LogP contribution in [0.2, 0.25) is 0 Å². The Morgan fingerprint density at radius 2 is 2.06 bits per heavy atom. The molecule has 0 saturated heterocycles. The summed E-state index contributed by atoms with van der Waals surface area (Å²) >= 11 is 0. The van der Waals surface area contributed by atoms with E-state index in [0.717, 1.165) is 12.1 Å². The van der Waals surface area contributed by atoms with Crippen LogP contribution >= 0.6 is 0 Å². The number of hydrogen-bond donors (Lipinski definition) is 1. The van der Waals surface area contributed by atoms with Crippen LogP contribution in [0.5, 0.6) is 0 Å². The number of pyridine rings is 1. The van der Waals surface area contributed by atoms with E-state index in [1.807, 2.05) is 6.07 Å². The minimum atomic E-state index is -0.888. The molecule has 18 heavy (non-hydrogen) atoms. The maximum absolute atomic E-state index is 13.0. The highest BCUT2D eigenvalue weighted by molar-refractivity contribution is 5.55. The van der Waals surface area contributed by atoms with Crippen LogP contribution in [0.4, 0.5) is 14.5 Å². The number of nitrogens with zero attached hydrogens (tertiary/aromatic N) is 2. The van der Waals surface area contributed by atoms with Crippen molar-refractivity contribution in [2.75, 3.05) is 5.32 Å². The molecule has 0 radical (unpaired) electrons. The molecule has 0 unspecified atom stereocenters. The van der Waals surface area contributed by atoms with E-state index in [4.69, 9.17) is 5.26 Å². The van der Waals surface area contributed by atoms with E-state index in [2.05, 4.69) is 10.3 Å². The van der Waals surface area contributed by atoms with Crippen LogP contribution in [0, 0.1) is 23.0 Å². The Hall–Kier alpha value is -2.48. The lowest BCUT2D eigenvalue weighted by Gasteiger charge is -2.07. The van der Waals surface area contributed by atoms with Crippen LogP contribution in [0.15, 0.2) is 36.7 Å². The predicted octanol–water partition coefficient (Wildman–Crippen LogP) is 2.84. The van der Waals surface area contributed by atoms with Crippen LogP contribution in [0.3, 0.4) is 0 Å². The molecular formula is C13H9F2N3. The molecule has 2 aromatic rings. The van der Waals surface area contributed by atoms with Crippen LogP contribution in [-0.2, 0) is 6.54 Å². The second-order valence-corrected chi connectivity index (χ2v) is 3.64. The molecule has 1 heterocycles. The Labute approximate surface area is 103 Å². The number of nitriles is 1. The molecule has 1 aromatic carbocycles. The van der Waals surface area contributed by atoms with Gasteiger partial charge in [0, 0.05) is 12.7 Å². The van der Waals surface area contributed by atoms with Gasteiger partial charge in [-0.15, -0.1) is 0 Å². The minimum absolute atomic E-state index is 0.289. The van der Waals surface area contributed by atoms with Gasteiger partial charge in [-0.25, -0.2) is 8.78 Å². The zero-order chi connectivity index (χ0) is 13.0. The number of halogens is 2. The lowest BCUT2D eigenvalue weighted by molar-refractivity contribution is 0.507. The van der Waals surface area contributed by atoms with Crippen LogP contribution in [0.1, 0.15) is 11.1 Å². The second-order valence-electron chi connectivity index (χ2n) is 3.64. The van der Waals surface area contributed by atoms with E-state index in [1.54, 1.807) is 6.07 Å². The SMILES string of the molecule is N#Cc1ccncc1NCc1ccc(F)c(F)c1. The van der Waals surface area contributed by atoms with Gasteiger partial charge < -0.3 is 5.32 Å². The normalized spacial score (nSPS) is 9.83. The van der Waals surface area contributed by atoms with Gasteiger partial charge >= 0.3 is 0 Å². The molecule has 0 aliphatic carbocycles. The first-order valence-corrected chi connectivity index (χ1v) is 5.22. The van der Waals surface area contributed by atoms with E-state index in [1.165, 1.54) is 18.5 Å². The van der Waals surface area contributed by atoms with Crippen molar-refractivity contribution in [1.29, 1.82) is 5.26 Å². The summed E-state index contributed by atoms with van der Waals surface area (Å²) in [4.78, 5) is 3.89. The Morgan fingerprint density at radius 1 is 1.22 bits per heavy atom. The first-order valence-electron chi connectivity index (χ1n) is 5.22. The summed E-state index contributed by atoms with van der Waals surface area (Å²) in [5, 5.41) is 11.8. The zero-order valence-electron chi connectivity index (χ0n) is 9.32. The molecular weight excluding hydrogens is 236 g/mol. The largest absolute Gasteiger partial charge is 0.379 e. The number of benzene rings is 1. The summed E-state index contributed by atoms with van der Waals surface area (Å²) in [5.41, 5.74) is 1.60. The average molecular weight is 245 g/mol. The Bertz CT molecular complexity index is 605. The highest BCUT2D eigenvalue weighted by Gasteiger charge is 2.04. The van der Waals surface area contributed by atoms with Gasteiger partial charge in [0.15, 0.2) is 11.6 Å². The number of hydrogen-bond acceptors (Lipinski definition) is 3. The fraction of sp³-hybridized carbons (Fsp3) is 0.0769. The van der Waals surface area contributed by atoms with E-state index >= 15 is 0 Å². The van der Waals surface area contributed by atoms with Gasteiger partial charge in [-0.05, 0) is 23.8 Å². The van der Waals surface area contributed by atoms with Gasteiger partial charge in [0.05, 0.1) is 17.4 Å². The van der Waals surface area contributed by atoms with Gasteiger partial charge in [0.25, 0.3) is 0 Å². The predicted molar refractivity (Wildman–Crippen MR) is 62.6 cm³/mol. The molecule has 90 valence electrons. The van der Waals surface area contributed by atoms with Crippen LogP contribution < -0.4 is 5.32 Å². The van der Waals surface area contributed by atoms with Crippen molar-refractivity contribution in [2.45, 2.75) is 6.54 Å². The minimum Gasteiger partial charge on any atom is -0.379 e. The van der Waals surface area contributed by atoms with Crippen molar-refractivity contribution in [3.8, 4) is 6.07 Å². The smallest absolute Gasteiger partial charge is 0.159 e. The van der Waals surface area contributed by atoms with Gasteiger partial charge in [-0.1, -0.05) is 6.07 Å². The number of nitrogens with one attached hydrogen (secondary N) is 1. The van der Waals surface area contributed by atoms with E-state index in [9.17, 15) is 8.78 Å². The highest BCUT2D eigenvalue weighted by Crippen LogP contribution is 2.14. The third-order valence-electron chi connectivity index (χ3n) is 2.41. The zero-order valence-corrected chi connectivity index (χ0v) is 9.32. The molecule has 3 nitrogen and oxygen atoms in total. The fourth-order valence-corrected chi connectivity index (χ4v) is 1.48. The van der Waals surface area contributed by atoms with Gasteiger partial charge in [0.1, 0.15) is 6.07 Å². The first kappa shape index (κ1) is 12.0. The molecule has 0 aliphatic rings. The Morgan fingerprint density at radius 3 is 2.78 bits per heavy atom. The maximum atomic E-state index is 13.0. The van der Waals surface area contributed by atoms with Gasteiger partial charge in [0.2, 0.25) is 0 Å². The Balaban J connectivity index is 2.12. The lowest BCUT2D eigenvalue weighted by atomic mass is 10.2. The first-order chi connectivity index (χ1) is 8.70. The summed E-state index contributed by atoms with van der Waals surface area (Å²) in [5.74, 6) is -1.76. The van der Waals surface area contributed by atoms with Crippen molar-refractivity contribution >= 4 is 5.69 Å². The average Bonchev–Trinajstić information content (AvgIpc) is 2.40. The molecule has 5 heteroatoms. The number of aromatic nitrogens is 1. The summed E-state index contributed by atoms with van der Waals surface area (Å²) in [6.45, 7) is 0.289. The fourth-order valence-electron chi connectivity index (χ4n) is 1.48. The van der Waals surface area contributed by atoms with E-state index in [0.29, 0.717) is 16.8 Å². The molecule has 0 atom stereocenters. The van der Waals surface area contributed by atoms with Crippen molar-refractivity contribution in [1.82, 2.24) is 4.98 Å². The molecule has 2 rings (SSSR count). The monoisotopic (exact) mass is 245 g/mol. The van der Waals surface area contributed by atoms with Crippen molar-refractivity contribution in [3.63, 3.8) is 0 Å². The summed E-state index contributed by atoms with van der Waals surface area (Å²) in [6, 6.07) is 7.26. The molecule has 0 spiro atoms. The molecule has 0 bridgehead atoms. The third kappa shape index (κ3) is 2.61. The number of anilines is 1. The van der Waals surface area contributed by atoms with Crippen molar-refractivity contribution < 1.29 is 8.78 Å². The number of rotatable bonds is 3. The van der Waals surface area contributed by atoms with Crippen molar-refractivity contribution in [2.24, 2.45) is 0 Å². The molecule has 0 saturated carbocycles. The van der Waals surface area contributed by atoms with Crippen molar-refractivity contribution in [3.05, 3.63) is 59.4 Å². The van der Waals surface area contributed by atoms with Gasteiger partial charge in [-0.2, -0.15) is 5.26 Å². The topological polar surface area (TPSA) is 48.7 Å². The van der Waals surface area contributed by atoms with E-state index in [-0.39, 0.29) is 6.54 Å². The third-order valence-corrected chi connectivity index (χ3v) is 2.41. The molecule has 1 aromatic heterocycles. The summed E-state index contributed by atoms with van der Waals surface area (Å²) in [6.07, 6.45) is 3.03. The lowest BCUT2D eigenvalue weighted by Crippen LogP contribution is -2.02. The summed E-state index contributed by atoms with van der Waals surface area (Å²) < 4.78 is 25.7. The molecule has 0 fully saturated rings. The second kappa shape index (κ2) is 5.23. The standard InChI is InChI=1S/C13H9F2N3/c14-11-2-1-9(5-12(11)15)7-18-13-8-17-4-3-10(13)6-16/h1-5,8,18H,7H2. The quantitative estimate of drug-likeness (QED) is 0.904. The van der Waals surface area contributed by atoms with Crippen LogP contribution in [-0.4, -0.2) is 4.98 Å². The maximum Gasteiger partial charge on any atom is 0.159 e. The van der Waals surface area contributed by atoms with Crippen LogP contribution in [0.25, 0.3) is 0 Å². The highest BCUT2D eigenvalue weighted by atomic mass is 19.2. The van der Waals surface area contributed by atoms with Gasteiger partial charge in [-0.3, -0.25) is 4.98 Å². The summed E-state index contributed by atoms with van der Waals surface area (Å²) in [7, 11) is 0. The molecule has 1 N–H and O–H groups in total. The Kier molecular flexibility index (Phi) is 3.49. The van der Waals surface area contributed by atoms with E-state index < -0.39 is 11.6 Å². The molecule has 0 amide bonds. The molecule has 0 aliphatic heterocycles.